The second-order valence-corrected chi connectivity index (χ2v) is 14.7. The lowest BCUT2D eigenvalue weighted by Crippen LogP contribution is -2.49. The van der Waals surface area contributed by atoms with E-state index in [9.17, 15) is 24.0 Å². The van der Waals surface area contributed by atoms with Crippen LogP contribution >= 0.6 is 0 Å². The minimum Gasteiger partial charge on any atom is -0.480 e. The van der Waals surface area contributed by atoms with E-state index < -0.39 is 24.1 Å². The van der Waals surface area contributed by atoms with Crippen molar-refractivity contribution in [2.24, 2.45) is 5.92 Å². The highest BCUT2D eigenvalue weighted by atomic mass is 16.5. The molecule has 304 valence electrons. The van der Waals surface area contributed by atoms with Crippen molar-refractivity contribution in [1.29, 1.82) is 5.41 Å². The van der Waals surface area contributed by atoms with E-state index in [1.807, 2.05) is 66.7 Å². The van der Waals surface area contributed by atoms with Gasteiger partial charge >= 0.3 is 12.1 Å². The fraction of sp³-hybridized carbons (Fsp3) is 0.333. The van der Waals surface area contributed by atoms with Crippen molar-refractivity contribution >= 4 is 35.6 Å². The van der Waals surface area contributed by atoms with Crippen LogP contribution in [0.15, 0.2) is 115 Å². The Bertz CT molecular complexity index is 2000. The number of carbonyl (C=O) groups excluding carboxylic acids is 4. The molecule has 1 aliphatic carbocycles. The number of rotatable bonds is 13. The third kappa shape index (κ3) is 12.8. The van der Waals surface area contributed by atoms with E-state index in [0.717, 1.165) is 36.9 Å². The molecule has 13 heteroatoms. The fourth-order valence-corrected chi connectivity index (χ4v) is 7.00. The molecule has 6 rings (SSSR count). The predicted octanol–water partition coefficient (Wildman–Crippen LogP) is 5.36. The van der Waals surface area contributed by atoms with E-state index in [2.05, 4.69) is 50.8 Å². The van der Waals surface area contributed by atoms with Gasteiger partial charge in [-0.15, -0.1) is 0 Å². The number of aliphatic carboxylic acids is 1. The van der Waals surface area contributed by atoms with Gasteiger partial charge in [-0.2, -0.15) is 0 Å². The summed E-state index contributed by atoms with van der Waals surface area (Å²) in [6.07, 6.45) is 2.61. The third-order valence-corrected chi connectivity index (χ3v) is 10.4. The molecule has 0 aromatic heterocycles. The van der Waals surface area contributed by atoms with Gasteiger partial charge < -0.3 is 31.1 Å². The van der Waals surface area contributed by atoms with Gasteiger partial charge in [0.15, 0.2) is 0 Å². The predicted molar refractivity (Wildman–Crippen MR) is 220 cm³/mol. The van der Waals surface area contributed by atoms with Crippen LogP contribution < -0.4 is 26.6 Å². The van der Waals surface area contributed by atoms with Crippen LogP contribution in [-0.2, 0) is 37.1 Å². The maximum Gasteiger partial charge on any atom is 0.413 e. The number of amidine groups is 1. The summed E-state index contributed by atoms with van der Waals surface area (Å²) in [5.74, 6) is -1.07. The zero-order valence-corrected chi connectivity index (χ0v) is 32.8. The molecular formula is C45H52N6O7. The summed E-state index contributed by atoms with van der Waals surface area (Å²) >= 11 is 0. The van der Waals surface area contributed by atoms with E-state index in [1.54, 1.807) is 31.2 Å². The van der Waals surface area contributed by atoms with Crippen LogP contribution in [0.2, 0.25) is 0 Å². The molecule has 2 fully saturated rings. The molecule has 0 spiro atoms. The molecule has 4 amide bonds. The van der Waals surface area contributed by atoms with Crippen LogP contribution in [0.25, 0.3) is 0 Å². The van der Waals surface area contributed by atoms with Crippen LogP contribution in [0, 0.1) is 11.3 Å². The molecule has 2 aliphatic rings. The largest absolute Gasteiger partial charge is 0.480 e. The third-order valence-electron chi connectivity index (χ3n) is 10.4. The van der Waals surface area contributed by atoms with Gasteiger partial charge in [0.1, 0.15) is 24.5 Å². The normalized spacial score (nSPS) is 19.3. The molecule has 6 atom stereocenters. The Morgan fingerprint density at radius 2 is 1.31 bits per heavy atom. The number of amides is 4. The van der Waals surface area contributed by atoms with Gasteiger partial charge in [0, 0.05) is 24.6 Å². The number of carboxylic acids is 1. The van der Waals surface area contributed by atoms with Gasteiger partial charge in [-0.05, 0) is 73.6 Å². The summed E-state index contributed by atoms with van der Waals surface area (Å²) < 4.78 is 5.14. The standard InChI is InChI=1S/C30H33N5O4.C15H19NO3/c1-20(34-29(37)26-16-25(18-32-26)23-10-6-3-7-11-23)28(36)33-17-21-12-14-24(15-13-21)27(31)35-30(38)39-19-22-8-4-2-5-9-22;1-10(15(18)19)16-14(17)13-8-7-12(9-13)11-5-3-2-4-6-11/h2-15,20,25-26,32H,16-19H2,1H3,(H,33,36)(H,34,37)(H2,31,35,38);2-6,10,12-13H,7-9H2,1H3,(H,16,17)(H,18,19)/t20-,25-,26+;10-,12+,13+/m00/s1. The Hall–Kier alpha value is -6.34. The molecule has 0 unspecified atom stereocenters. The van der Waals surface area contributed by atoms with Crippen LogP contribution in [-0.4, -0.2) is 65.4 Å². The smallest absolute Gasteiger partial charge is 0.413 e. The first kappa shape index (κ1) is 42.8. The highest BCUT2D eigenvalue weighted by Crippen LogP contribution is 2.38. The quantitative estimate of drug-likeness (QED) is 0.0694. The number of benzene rings is 4. The van der Waals surface area contributed by atoms with Gasteiger partial charge in [-0.1, -0.05) is 115 Å². The number of ether oxygens (including phenoxy) is 1. The van der Waals surface area contributed by atoms with Crippen LogP contribution in [0.5, 0.6) is 0 Å². The molecule has 1 saturated heterocycles. The van der Waals surface area contributed by atoms with E-state index >= 15 is 0 Å². The number of hydrogen-bond acceptors (Lipinski definition) is 8. The molecule has 0 bridgehead atoms. The minimum atomic E-state index is -0.994. The maximum atomic E-state index is 12.7. The zero-order valence-electron chi connectivity index (χ0n) is 32.8. The molecule has 4 aromatic rings. The summed E-state index contributed by atoms with van der Waals surface area (Å²) in [7, 11) is 0. The van der Waals surface area contributed by atoms with Crippen LogP contribution in [0.3, 0.4) is 0 Å². The molecule has 1 heterocycles. The van der Waals surface area contributed by atoms with Crippen molar-refractivity contribution in [3.8, 4) is 0 Å². The first-order valence-corrected chi connectivity index (χ1v) is 19.6. The van der Waals surface area contributed by atoms with Gasteiger partial charge in [-0.25, -0.2) is 4.79 Å². The van der Waals surface area contributed by atoms with Gasteiger partial charge in [0.25, 0.3) is 0 Å². The molecule has 1 saturated carbocycles. The first-order valence-electron chi connectivity index (χ1n) is 19.6. The topological polar surface area (TPSA) is 199 Å². The summed E-state index contributed by atoms with van der Waals surface area (Å²) in [5, 5.41) is 30.7. The van der Waals surface area contributed by atoms with E-state index in [1.165, 1.54) is 18.1 Å². The monoisotopic (exact) mass is 788 g/mol. The summed E-state index contributed by atoms with van der Waals surface area (Å²) in [6.45, 7) is 4.24. The molecule has 13 nitrogen and oxygen atoms in total. The maximum absolute atomic E-state index is 12.7. The number of carboxylic acid groups (broad SMARTS) is 1. The highest BCUT2D eigenvalue weighted by molar-refractivity contribution is 6.04. The van der Waals surface area contributed by atoms with Crippen LogP contribution in [0.1, 0.15) is 79.2 Å². The van der Waals surface area contributed by atoms with E-state index in [-0.39, 0.29) is 54.6 Å². The Morgan fingerprint density at radius 3 is 1.93 bits per heavy atom. The average Bonchev–Trinajstić information content (AvgIpc) is 3.95. The lowest BCUT2D eigenvalue weighted by molar-refractivity contribution is -0.141. The Balaban J connectivity index is 0.000000281. The lowest BCUT2D eigenvalue weighted by Gasteiger charge is -2.17. The van der Waals surface area contributed by atoms with Crippen molar-refractivity contribution in [2.75, 3.05) is 6.54 Å². The lowest BCUT2D eigenvalue weighted by atomic mass is 9.96. The van der Waals surface area contributed by atoms with Crippen molar-refractivity contribution in [3.05, 3.63) is 143 Å². The van der Waals surface area contributed by atoms with Gasteiger partial charge in [0.2, 0.25) is 17.7 Å². The van der Waals surface area contributed by atoms with Gasteiger partial charge in [-0.3, -0.25) is 29.9 Å². The van der Waals surface area contributed by atoms with E-state index in [4.69, 9.17) is 15.3 Å². The number of nitrogens with one attached hydrogen (secondary N) is 6. The zero-order chi connectivity index (χ0) is 41.4. The molecule has 0 radical (unpaired) electrons. The fourth-order valence-electron chi connectivity index (χ4n) is 7.00. The second kappa shape index (κ2) is 21.3. The number of hydrogen-bond donors (Lipinski definition) is 7. The summed E-state index contributed by atoms with van der Waals surface area (Å²) in [6, 6.07) is 34.6. The molecule has 58 heavy (non-hydrogen) atoms. The Morgan fingerprint density at radius 1 is 0.724 bits per heavy atom. The Kier molecular flexibility index (Phi) is 15.7. The van der Waals surface area contributed by atoms with Crippen LogP contribution in [0.4, 0.5) is 4.79 Å². The van der Waals surface area contributed by atoms with Crippen molar-refractivity contribution in [2.45, 2.75) is 82.6 Å². The van der Waals surface area contributed by atoms with Crippen molar-refractivity contribution < 1.29 is 33.8 Å². The molecule has 4 aromatic carbocycles. The second-order valence-electron chi connectivity index (χ2n) is 14.7. The minimum absolute atomic E-state index is 0.0630. The average molecular weight is 789 g/mol. The Labute approximate surface area is 338 Å². The first-order chi connectivity index (χ1) is 28.0. The molecular weight excluding hydrogens is 737 g/mol. The van der Waals surface area contributed by atoms with E-state index in [0.29, 0.717) is 17.9 Å². The molecule has 7 N–H and O–H groups in total. The summed E-state index contributed by atoms with van der Waals surface area (Å²) in [4.78, 5) is 59.9. The molecule has 1 aliphatic heterocycles. The SMILES string of the molecule is C[C@H](NC(=O)[C@@H]1CC[C@@H](c2ccccc2)C1)C(=O)O.C[C@H](NC(=O)[C@H]1C[C@H](c2ccccc2)CN1)C(=O)NCc1ccc(C(=N)NC(=O)OCc2ccccc2)cc1. The highest BCUT2D eigenvalue weighted by Gasteiger charge is 2.33. The van der Waals surface area contributed by atoms with Crippen molar-refractivity contribution in [1.82, 2.24) is 26.6 Å². The number of alkyl carbamates (subject to hydrolysis) is 1. The number of carbonyl (C=O) groups is 5. The van der Waals surface area contributed by atoms with Crippen molar-refractivity contribution in [3.63, 3.8) is 0 Å². The van der Waals surface area contributed by atoms with Gasteiger partial charge in [0.05, 0.1) is 6.04 Å². The summed E-state index contributed by atoms with van der Waals surface area (Å²) in [5.41, 5.74) is 4.63.